The molecule has 1 amide bonds. The van der Waals surface area contributed by atoms with E-state index in [1.165, 1.54) is 11.3 Å². The summed E-state index contributed by atoms with van der Waals surface area (Å²) < 4.78 is 10.8. The lowest BCUT2D eigenvalue weighted by atomic mass is 9.78. The van der Waals surface area contributed by atoms with Crippen LogP contribution in [0, 0.1) is 13.8 Å². The number of benzene rings is 1. The Morgan fingerprint density at radius 3 is 2.40 bits per heavy atom. The van der Waals surface area contributed by atoms with Gasteiger partial charge in [-0.25, -0.2) is 4.98 Å². The number of ether oxygens (including phenoxy) is 2. The molecule has 25 heavy (non-hydrogen) atoms. The SMILES string of the molecule is COc1ccc(C2(C(=O)Nc3nc(C)c(C)s3)CCCC2)cc1OC. The summed E-state index contributed by atoms with van der Waals surface area (Å²) in [4.78, 5) is 18.8. The zero-order valence-corrected chi connectivity index (χ0v) is 16.0. The first-order valence-corrected chi connectivity index (χ1v) is 9.30. The van der Waals surface area contributed by atoms with E-state index in [1.54, 1.807) is 14.2 Å². The van der Waals surface area contributed by atoms with E-state index in [0.717, 1.165) is 41.8 Å². The van der Waals surface area contributed by atoms with Gasteiger partial charge in [-0.2, -0.15) is 0 Å². The van der Waals surface area contributed by atoms with Gasteiger partial charge in [-0.1, -0.05) is 18.9 Å². The van der Waals surface area contributed by atoms with Crippen molar-refractivity contribution in [3.8, 4) is 11.5 Å². The van der Waals surface area contributed by atoms with E-state index in [2.05, 4.69) is 10.3 Å². The van der Waals surface area contributed by atoms with E-state index in [0.29, 0.717) is 16.6 Å². The number of nitrogens with zero attached hydrogens (tertiary/aromatic N) is 1. The van der Waals surface area contributed by atoms with Crippen LogP contribution in [0.3, 0.4) is 0 Å². The van der Waals surface area contributed by atoms with Gasteiger partial charge in [-0.3, -0.25) is 4.79 Å². The number of carbonyl (C=O) groups is 1. The quantitative estimate of drug-likeness (QED) is 0.867. The summed E-state index contributed by atoms with van der Waals surface area (Å²) in [5, 5.41) is 3.72. The van der Waals surface area contributed by atoms with Gasteiger partial charge in [0.25, 0.3) is 0 Å². The Kier molecular flexibility index (Phi) is 4.99. The number of anilines is 1. The summed E-state index contributed by atoms with van der Waals surface area (Å²) in [6.45, 7) is 3.98. The summed E-state index contributed by atoms with van der Waals surface area (Å²) in [5.74, 6) is 1.34. The summed E-state index contributed by atoms with van der Waals surface area (Å²) in [7, 11) is 3.23. The average Bonchev–Trinajstić information content (AvgIpc) is 3.22. The zero-order chi connectivity index (χ0) is 18.0. The molecule has 0 aliphatic heterocycles. The van der Waals surface area contributed by atoms with Crippen LogP contribution in [0.2, 0.25) is 0 Å². The van der Waals surface area contributed by atoms with Crippen molar-refractivity contribution in [2.24, 2.45) is 0 Å². The summed E-state index contributed by atoms with van der Waals surface area (Å²) in [6, 6.07) is 5.78. The Morgan fingerprint density at radius 2 is 1.84 bits per heavy atom. The van der Waals surface area contributed by atoms with Crippen LogP contribution in [0.25, 0.3) is 0 Å². The standard InChI is InChI=1S/C19H24N2O3S/c1-12-13(2)25-18(20-12)21-17(22)19(9-5-6-10-19)14-7-8-15(23-3)16(11-14)24-4/h7-8,11H,5-6,9-10H2,1-4H3,(H,20,21,22). The number of aromatic nitrogens is 1. The van der Waals surface area contributed by atoms with Crippen LogP contribution >= 0.6 is 11.3 Å². The molecule has 0 spiro atoms. The number of rotatable bonds is 5. The van der Waals surface area contributed by atoms with E-state index in [9.17, 15) is 4.79 Å². The Balaban J connectivity index is 1.94. The second-order valence-corrected chi connectivity index (χ2v) is 7.68. The largest absolute Gasteiger partial charge is 0.493 e. The van der Waals surface area contributed by atoms with Crippen LogP contribution < -0.4 is 14.8 Å². The molecule has 0 radical (unpaired) electrons. The number of thiazole rings is 1. The highest BCUT2D eigenvalue weighted by Gasteiger charge is 2.43. The lowest BCUT2D eigenvalue weighted by Crippen LogP contribution is -2.38. The summed E-state index contributed by atoms with van der Waals surface area (Å²) >= 11 is 1.52. The molecule has 5 nitrogen and oxygen atoms in total. The van der Waals surface area contributed by atoms with E-state index in [4.69, 9.17) is 9.47 Å². The monoisotopic (exact) mass is 360 g/mol. The molecule has 1 heterocycles. The fraction of sp³-hybridized carbons (Fsp3) is 0.474. The van der Waals surface area contributed by atoms with Gasteiger partial charge in [0.2, 0.25) is 5.91 Å². The maximum Gasteiger partial charge on any atom is 0.236 e. The Hall–Kier alpha value is -2.08. The van der Waals surface area contributed by atoms with Crippen LogP contribution in [-0.2, 0) is 10.2 Å². The van der Waals surface area contributed by atoms with Gasteiger partial charge >= 0.3 is 0 Å². The first-order valence-electron chi connectivity index (χ1n) is 8.48. The van der Waals surface area contributed by atoms with Crippen LogP contribution in [-0.4, -0.2) is 25.1 Å². The molecular weight excluding hydrogens is 336 g/mol. The normalized spacial score (nSPS) is 15.8. The minimum absolute atomic E-state index is 0.0194. The van der Waals surface area contributed by atoms with Crippen molar-refractivity contribution in [2.75, 3.05) is 19.5 Å². The highest BCUT2D eigenvalue weighted by molar-refractivity contribution is 7.15. The zero-order valence-electron chi connectivity index (χ0n) is 15.1. The third-order valence-corrected chi connectivity index (χ3v) is 6.07. The number of hydrogen-bond donors (Lipinski definition) is 1. The average molecular weight is 360 g/mol. The van der Waals surface area contributed by atoms with Gasteiger partial charge in [-0.15, -0.1) is 11.3 Å². The topological polar surface area (TPSA) is 60.5 Å². The minimum Gasteiger partial charge on any atom is -0.493 e. The van der Waals surface area contributed by atoms with Gasteiger partial charge in [0.15, 0.2) is 16.6 Å². The third-order valence-electron chi connectivity index (χ3n) is 5.08. The number of carbonyl (C=O) groups excluding carboxylic acids is 1. The van der Waals surface area contributed by atoms with Gasteiger partial charge in [0.1, 0.15) is 0 Å². The van der Waals surface area contributed by atoms with Crippen molar-refractivity contribution < 1.29 is 14.3 Å². The van der Waals surface area contributed by atoms with Crippen LogP contribution in [0.15, 0.2) is 18.2 Å². The molecule has 1 fully saturated rings. The molecule has 1 aromatic carbocycles. The van der Waals surface area contributed by atoms with E-state index in [1.807, 2.05) is 32.0 Å². The van der Waals surface area contributed by atoms with Crippen LogP contribution in [0.4, 0.5) is 5.13 Å². The van der Waals surface area contributed by atoms with Gasteiger partial charge < -0.3 is 14.8 Å². The van der Waals surface area contributed by atoms with Gasteiger partial charge in [0.05, 0.1) is 25.3 Å². The Bertz CT molecular complexity index is 759. The first-order chi connectivity index (χ1) is 12.0. The van der Waals surface area contributed by atoms with Crippen molar-refractivity contribution in [2.45, 2.75) is 44.9 Å². The molecule has 0 unspecified atom stereocenters. The van der Waals surface area contributed by atoms with Crippen LogP contribution in [0.5, 0.6) is 11.5 Å². The Morgan fingerprint density at radius 1 is 1.16 bits per heavy atom. The lowest BCUT2D eigenvalue weighted by molar-refractivity contribution is -0.121. The molecule has 0 saturated heterocycles. The van der Waals surface area contributed by atoms with Crippen molar-refractivity contribution in [1.82, 2.24) is 4.98 Å². The number of methoxy groups -OCH3 is 2. The molecule has 1 N–H and O–H groups in total. The molecule has 6 heteroatoms. The molecule has 2 aromatic rings. The molecule has 1 aromatic heterocycles. The van der Waals surface area contributed by atoms with Crippen molar-refractivity contribution in [3.63, 3.8) is 0 Å². The highest BCUT2D eigenvalue weighted by Crippen LogP contribution is 2.44. The fourth-order valence-electron chi connectivity index (χ4n) is 3.50. The number of hydrogen-bond acceptors (Lipinski definition) is 5. The maximum absolute atomic E-state index is 13.2. The number of amides is 1. The molecular formula is C19H24N2O3S. The molecule has 3 rings (SSSR count). The predicted octanol–water partition coefficient (Wildman–Crippen LogP) is 4.23. The fourth-order valence-corrected chi connectivity index (χ4v) is 4.31. The van der Waals surface area contributed by atoms with E-state index >= 15 is 0 Å². The van der Waals surface area contributed by atoms with Crippen molar-refractivity contribution in [3.05, 3.63) is 34.3 Å². The smallest absolute Gasteiger partial charge is 0.236 e. The van der Waals surface area contributed by atoms with Crippen molar-refractivity contribution in [1.29, 1.82) is 0 Å². The Labute approximate surface area is 152 Å². The second kappa shape index (κ2) is 7.04. The summed E-state index contributed by atoms with van der Waals surface area (Å²) in [5.41, 5.74) is 1.41. The molecule has 0 bridgehead atoms. The van der Waals surface area contributed by atoms with Crippen molar-refractivity contribution >= 4 is 22.4 Å². The molecule has 1 aliphatic carbocycles. The molecule has 1 saturated carbocycles. The van der Waals surface area contributed by atoms with Gasteiger partial charge in [-0.05, 0) is 44.4 Å². The van der Waals surface area contributed by atoms with E-state index < -0.39 is 5.41 Å². The van der Waals surface area contributed by atoms with Crippen LogP contribution in [0.1, 0.15) is 41.8 Å². The predicted molar refractivity (Wildman–Crippen MR) is 99.9 cm³/mol. The lowest BCUT2D eigenvalue weighted by Gasteiger charge is -2.28. The molecule has 1 aliphatic rings. The number of aryl methyl sites for hydroxylation is 2. The third kappa shape index (κ3) is 3.23. The first kappa shape index (κ1) is 17.7. The molecule has 0 atom stereocenters. The second-order valence-electron chi connectivity index (χ2n) is 6.47. The molecule has 134 valence electrons. The van der Waals surface area contributed by atoms with Gasteiger partial charge in [0, 0.05) is 4.88 Å². The van der Waals surface area contributed by atoms with E-state index in [-0.39, 0.29) is 5.91 Å². The number of nitrogens with one attached hydrogen (secondary N) is 1. The summed E-state index contributed by atoms with van der Waals surface area (Å²) in [6.07, 6.45) is 3.74. The highest BCUT2D eigenvalue weighted by atomic mass is 32.1. The maximum atomic E-state index is 13.2. The minimum atomic E-state index is -0.535.